The first-order chi connectivity index (χ1) is 9.93. The van der Waals surface area contributed by atoms with E-state index in [1.165, 1.54) is 0 Å². The molecule has 0 aliphatic carbocycles. The van der Waals surface area contributed by atoms with Crippen molar-refractivity contribution in [3.63, 3.8) is 0 Å². The molecule has 21 heavy (non-hydrogen) atoms. The molecule has 0 bridgehead atoms. The predicted molar refractivity (Wildman–Crippen MR) is 66.0 cm³/mol. The van der Waals surface area contributed by atoms with Gasteiger partial charge in [0.2, 0.25) is 5.82 Å². The zero-order valence-electron chi connectivity index (χ0n) is 10.5. The van der Waals surface area contributed by atoms with Gasteiger partial charge in [0.25, 0.3) is 0 Å². The van der Waals surface area contributed by atoms with Gasteiger partial charge in [-0.3, -0.25) is 20.2 Å². The number of ether oxygens (including phenoxy) is 1. The van der Waals surface area contributed by atoms with Crippen molar-refractivity contribution in [2.75, 3.05) is 7.11 Å². The maximum atomic E-state index is 11.3. The Kier molecular flexibility index (Phi) is 3.56. The first-order valence-corrected chi connectivity index (χ1v) is 5.36. The standard InChI is InChI=1S/C10H7N5O6/c1-21-10(16)6-2-8(15(19)20)9(11-3-6)13-5-7(4-12-13)14(17)18/h2-5H,1H3. The molecule has 2 rings (SSSR count). The van der Waals surface area contributed by atoms with Crippen molar-refractivity contribution >= 4 is 17.3 Å². The lowest BCUT2D eigenvalue weighted by Gasteiger charge is -2.03. The SMILES string of the molecule is COC(=O)c1cnc(-n2cc([N+](=O)[O-])cn2)c([N+](=O)[O-])c1. The second kappa shape index (κ2) is 5.32. The second-order valence-corrected chi connectivity index (χ2v) is 3.72. The van der Waals surface area contributed by atoms with Gasteiger partial charge in [-0.15, -0.1) is 0 Å². The highest BCUT2D eigenvalue weighted by Gasteiger charge is 2.23. The Morgan fingerprint density at radius 2 is 2.00 bits per heavy atom. The summed E-state index contributed by atoms with van der Waals surface area (Å²) in [6.07, 6.45) is 2.97. The third-order valence-electron chi connectivity index (χ3n) is 2.46. The van der Waals surface area contributed by atoms with Gasteiger partial charge in [-0.2, -0.15) is 5.10 Å². The van der Waals surface area contributed by atoms with Crippen LogP contribution in [0.15, 0.2) is 24.7 Å². The molecule has 0 saturated heterocycles. The van der Waals surface area contributed by atoms with Crippen LogP contribution in [0.1, 0.15) is 10.4 Å². The van der Waals surface area contributed by atoms with Gasteiger partial charge in [0.05, 0.1) is 22.5 Å². The van der Waals surface area contributed by atoms with E-state index in [2.05, 4.69) is 14.8 Å². The number of hydrogen-bond donors (Lipinski definition) is 0. The van der Waals surface area contributed by atoms with Crippen molar-refractivity contribution in [2.24, 2.45) is 0 Å². The molecule has 0 spiro atoms. The van der Waals surface area contributed by atoms with E-state index < -0.39 is 21.5 Å². The molecule has 0 aliphatic heterocycles. The minimum atomic E-state index is -0.788. The number of aromatic nitrogens is 3. The van der Waals surface area contributed by atoms with Gasteiger partial charge in [0.15, 0.2) is 0 Å². The first-order valence-electron chi connectivity index (χ1n) is 5.36. The summed E-state index contributed by atoms with van der Waals surface area (Å²) in [6.45, 7) is 0. The predicted octanol–water partition coefficient (Wildman–Crippen LogP) is 0.870. The van der Waals surface area contributed by atoms with Crippen LogP contribution in [0.25, 0.3) is 5.82 Å². The van der Waals surface area contributed by atoms with E-state index in [-0.39, 0.29) is 17.1 Å². The van der Waals surface area contributed by atoms with Crippen molar-refractivity contribution < 1.29 is 19.4 Å². The van der Waals surface area contributed by atoms with Crippen LogP contribution < -0.4 is 0 Å². The summed E-state index contributed by atoms with van der Waals surface area (Å²) in [5.41, 5.74) is -0.992. The fraction of sp³-hybridized carbons (Fsp3) is 0.100. The van der Waals surface area contributed by atoms with Crippen LogP contribution in [0.3, 0.4) is 0 Å². The molecule has 0 N–H and O–H groups in total. The van der Waals surface area contributed by atoms with E-state index in [1.807, 2.05) is 0 Å². The molecule has 2 aromatic rings. The maximum Gasteiger partial charge on any atom is 0.339 e. The van der Waals surface area contributed by atoms with E-state index in [0.717, 1.165) is 36.4 Å². The molecule has 11 heteroatoms. The fourth-order valence-electron chi connectivity index (χ4n) is 1.51. The average Bonchev–Trinajstić information content (AvgIpc) is 2.95. The molecule has 0 fully saturated rings. The summed E-state index contributed by atoms with van der Waals surface area (Å²) < 4.78 is 5.33. The van der Waals surface area contributed by atoms with Crippen molar-refractivity contribution in [3.05, 3.63) is 50.4 Å². The lowest BCUT2D eigenvalue weighted by Crippen LogP contribution is -2.08. The first kappa shape index (κ1) is 14.0. The molecule has 0 radical (unpaired) electrons. The van der Waals surface area contributed by atoms with E-state index in [9.17, 15) is 25.0 Å². The van der Waals surface area contributed by atoms with E-state index in [0.29, 0.717) is 0 Å². The Morgan fingerprint density at radius 1 is 1.29 bits per heavy atom. The third-order valence-corrected chi connectivity index (χ3v) is 2.46. The zero-order chi connectivity index (χ0) is 15.6. The van der Waals surface area contributed by atoms with Crippen LogP contribution in [-0.4, -0.2) is 37.7 Å². The summed E-state index contributed by atoms with van der Waals surface area (Å²) in [5, 5.41) is 25.3. The highest BCUT2D eigenvalue weighted by molar-refractivity contribution is 5.90. The Bertz CT molecular complexity index is 739. The minimum Gasteiger partial charge on any atom is -0.465 e. The van der Waals surface area contributed by atoms with Crippen LogP contribution in [0.5, 0.6) is 0 Å². The summed E-state index contributed by atoms with van der Waals surface area (Å²) in [4.78, 5) is 35.2. The fourth-order valence-corrected chi connectivity index (χ4v) is 1.51. The number of methoxy groups -OCH3 is 1. The van der Waals surface area contributed by atoms with Crippen molar-refractivity contribution in [1.82, 2.24) is 14.8 Å². The van der Waals surface area contributed by atoms with Gasteiger partial charge in [0.1, 0.15) is 12.4 Å². The molecule has 2 aromatic heterocycles. The molecule has 0 aromatic carbocycles. The summed E-state index contributed by atoms with van der Waals surface area (Å²) in [5.74, 6) is -1.04. The average molecular weight is 293 g/mol. The third kappa shape index (κ3) is 2.65. The van der Waals surface area contributed by atoms with Crippen LogP contribution in [0.4, 0.5) is 11.4 Å². The Balaban J connectivity index is 2.54. The number of nitro groups is 2. The van der Waals surface area contributed by atoms with Crippen LogP contribution in [-0.2, 0) is 4.74 Å². The van der Waals surface area contributed by atoms with Crippen LogP contribution in [0, 0.1) is 20.2 Å². The maximum absolute atomic E-state index is 11.3. The number of nitrogens with zero attached hydrogens (tertiary/aromatic N) is 5. The number of pyridine rings is 1. The largest absolute Gasteiger partial charge is 0.465 e. The number of hydrogen-bond acceptors (Lipinski definition) is 8. The van der Waals surface area contributed by atoms with Crippen LogP contribution >= 0.6 is 0 Å². The topological polar surface area (TPSA) is 143 Å². The Morgan fingerprint density at radius 3 is 2.52 bits per heavy atom. The van der Waals surface area contributed by atoms with Gasteiger partial charge in [-0.25, -0.2) is 14.5 Å². The Hall–Kier alpha value is -3.37. The second-order valence-electron chi connectivity index (χ2n) is 3.72. The number of carbonyl (C=O) groups is 1. The molecule has 11 nitrogen and oxygen atoms in total. The van der Waals surface area contributed by atoms with Gasteiger partial charge >= 0.3 is 17.3 Å². The lowest BCUT2D eigenvalue weighted by molar-refractivity contribution is -0.385. The number of rotatable bonds is 4. The van der Waals surface area contributed by atoms with Crippen molar-refractivity contribution in [2.45, 2.75) is 0 Å². The highest BCUT2D eigenvalue weighted by atomic mass is 16.6. The molecule has 2 heterocycles. The van der Waals surface area contributed by atoms with E-state index in [1.54, 1.807) is 0 Å². The van der Waals surface area contributed by atoms with Crippen LogP contribution in [0.2, 0.25) is 0 Å². The summed E-state index contributed by atoms with van der Waals surface area (Å²) in [6, 6.07) is 0.960. The molecule has 108 valence electrons. The van der Waals surface area contributed by atoms with Gasteiger partial charge in [-0.05, 0) is 0 Å². The molecule has 0 saturated carbocycles. The van der Waals surface area contributed by atoms with Gasteiger partial charge in [0, 0.05) is 12.3 Å². The minimum absolute atomic E-state index is 0.116. The summed E-state index contributed by atoms with van der Waals surface area (Å²) in [7, 11) is 1.12. The molecular weight excluding hydrogens is 286 g/mol. The monoisotopic (exact) mass is 293 g/mol. The molecule has 0 atom stereocenters. The molecular formula is C10H7N5O6. The summed E-state index contributed by atoms with van der Waals surface area (Å²) >= 11 is 0. The lowest BCUT2D eigenvalue weighted by atomic mass is 10.2. The van der Waals surface area contributed by atoms with Crippen molar-refractivity contribution in [3.8, 4) is 5.82 Å². The zero-order valence-corrected chi connectivity index (χ0v) is 10.5. The quantitative estimate of drug-likeness (QED) is 0.458. The van der Waals surface area contributed by atoms with E-state index in [4.69, 9.17) is 0 Å². The smallest absolute Gasteiger partial charge is 0.339 e. The normalized spacial score (nSPS) is 10.1. The molecule has 0 unspecified atom stereocenters. The molecule has 0 aliphatic rings. The van der Waals surface area contributed by atoms with E-state index >= 15 is 0 Å². The Labute approximate surface area is 116 Å². The number of carbonyl (C=O) groups excluding carboxylic acids is 1. The van der Waals surface area contributed by atoms with Crippen molar-refractivity contribution in [1.29, 1.82) is 0 Å². The highest BCUT2D eigenvalue weighted by Crippen LogP contribution is 2.23. The van der Waals surface area contributed by atoms with Gasteiger partial charge < -0.3 is 4.74 Å². The van der Waals surface area contributed by atoms with Gasteiger partial charge in [-0.1, -0.05) is 0 Å². The molecule has 0 amide bonds. The number of esters is 1.